The first-order chi connectivity index (χ1) is 12.5. The van der Waals surface area contributed by atoms with Gasteiger partial charge in [-0.2, -0.15) is 0 Å². The van der Waals surface area contributed by atoms with Gasteiger partial charge in [0.05, 0.1) is 0 Å². The Labute approximate surface area is 165 Å². The van der Waals surface area contributed by atoms with Crippen LogP contribution in [0.15, 0.2) is 0 Å². The van der Waals surface area contributed by atoms with Crippen molar-refractivity contribution in [1.29, 1.82) is 0 Å². The Morgan fingerprint density at radius 2 is 1.22 bits per heavy atom. The molecule has 2 aromatic rings. The van der Waals surface area contributed by atoms with Crippen molar-refractivity contribution in [3.8, 4) is 16.9 Å². The SMILES string of the molecule is CCC1(C)Oc2c(C)c(C)c(C)c(C)c2-c2c(C)c(C)c(N(C)C)c(C)c21. The molecular weight excluding hydrogens is 330 g/mol. The zero-order valence-electron chi connectivity index (χ0n) is 19.1. The third-order valence-electron chi connectivity index (χ3n) is 7.13. The summed E-state index contributed by atoms with van der Waals surface area (Å²) in [6.45, 7) is 20.3. The molecule has 1 atom stereocenters. The summed E-state index contributed by atoms with van der Waals surface area (Å²) in [4.78, 5) is 2.25. The third-order valence-corrected chi connectivity index (χ3v) is 7.13. The van der Waals surface area contributed by atoms with Gasteiger partial charge in [-0.25, -0.2) is 0 Å². The second-order valence-electron chi connectivity index (χ2n) is 8.76. The van der Waals surface area contributed by atoms with E-state index in [0.717, 1.165) is 12.2 Å². The summed E-state index contributed by atoms with van der Waals surface area (Å²) < 4.78 is 6.83. The first kappa shape index (κ1) is 19.8. The Bertz CT molecular complexity index is 952. The Balaban J connectivity index is 2.59. The van der Waals surface area contributed by atoms with Crippen LogP contribution >= 0.6 is 0 Å². The molecule has 0 saturated carbocycles. The Kier molecular flexibility index (Phi) is 4.61. The van der Waals surface area contributed by atoms with Gasteiger partial charge >= 0.3 is 0 Å². The molecule has 1 aliphatic heterocycles. The average molecular weight is 366 g/mol. The van der Waals surface area contributed by atoms with Gasteiger partial charge in [-0.3, -0.25) is 0 Å². The van der Waals surface area contributed by atoms with Crippen LogP contribution in [0.1, 0.15) is 64.8 Å². The predicted octanol–water partition coefficient (Wildman–Crippen LogP) is 6.60. The van der Waals surface area contributed by atoms with E-state index < -0.39 is 0 Å². The van der Waals surface area contributed by atoms with E-state index in [2.05, 4.69) is 81.3 Å². The maximum absolute atomic E-state index is 6.83. The second kappa shape index (κ2) is 6.29. The van der Waals surface area contributed by atoms with Crippen molar-refractivity contribution in [2.45, 2.75) is 74.3 Å². The van der Waals surface area contributed by atoms with E-state index in [4.69, 9.17) is 4.74 Å². The molecule has 2 heteroatoms. The van der Waals surface area contributed by atoms with Crippen LogP contribution in [0, 0.1) is 48.5 Å². The van der Waals surface area contributed by atoms with Crippen molar-refractivity contribution in [2.24, 2.45) is 0 Å². The van der Waals surface area contributed by atoms with Gasteiger partial charge in [0.25, 0.3) is 0 Å². The highest BCUT2D eigenvalue weighted by atomic mass is 16.5. The summed E-state index contributed by atoms with van der Waals surface area (Å²) in [6, 6.07) is 0. The van der Waals surface area contributed by atoms with Crippen LogP contribution in [-0.4, -0.2) is 14.1 Å². The molecule has 0 bridgehead atoms. The van der Waals surface area contributed by atoms with Crippen molar-refractivity contribution in [1.82, 2.24) is 0 Å². The molecule has 2 aromatic carbocycles. The molecule has 0 spiro atoms. The van der Waals surface area contributed by atoms with Gasteiger partial charge in [-0.1, -0.05) is 6.92 Å². The lowest BCUT2D eigenvalue weighted by Gasteiger charge is -2.42. The van der Waals surface area contributed by atoms with Crippen molar-refractivity contribution in [2.75, 3.05) is 19.0 Å². The van der Waals surface area contributed by atoms with Gasteiger partial charge < -0.3 is 9.64 Å². The summed E-state index contributed by atoms with van der Waals surface area (Å²) in [5, 5.41) is 0. The average Bonchev–Trinajstić information content (AvgIpc) is 2.61. The molecule has 1 unspecified atom stereocenters. The number of hydrogen-bond acceptors (Lipinski definition) is 2. The van der Waals surface area contributed by atoms with Crippen molar-refractivity contribution >= 4 is 5.69 Å². The van der Waals surface area contributed by atoms with E-state index in [0.29, 0.717) is 0 Å². The highest BCUT2D eigenvalue weighted by Gasteiger charge is 2.41. The number of nitrogens with zero attached hydrogens (tertiary/aromatic N) is 1. The lowest BCUT2D eigenvalue weighted by atomic mass is 9.74. The van der Waals surface area contributed by atoms with Gasteiger partial charge in [-0.15, -0.1) is 0 Å². The number of rotatable bonds is 2. The van der Waals surface area contributed by atoms with E-state index in [9.17, 15) is 0 Å². The Morgan fingerprint density at radius 3 is 1.74 bits per heavy atom. The van der Waals surface area contributed by atoms with Crippen LogP contribution in [0.3, 0.4) is 0 Å². The molecule has 27 heavy (non-hydrogen) atoms. The van der Waals surface area contributed by atoms with Crippen molar-refractivity contribution in [3.05, 3.63) is 44.5 Å². The van der Waals surface area contributed by atoms with Gasteiger partial charge in [-0.05, 0) is 106 Å². The van der Waals surface area contributed by atoms with Crippen LogP contribution in [0.25, 0.3) is 11.1 Å². The molecule has 3 rings (SSSR count). The maximum Gasteiger partial charge on any atom is 0.132 e. The molecule has 0 aliphatic carbocycles. The van der Waals surface area contributed by atoms with Crippen LogP contribution < -0.4 is 9.64 Å². The highest BCUT2D eigenvalue weighted by Crippen LogP contribution is 2.55. The van der Waals surface area contributed by atoms with Crippen LogP contribution in [0.2, 0.25) is 0 Å². The third kappa shape index (κ3) is 2.52. The van der Waals surface area contributed by atoms with E-state index in [1.165, 1.54) is 61.3 Å². The maximum atomic E-state index is 6.83. The lowest BCUT2D eigenvalue weighted by molar-refractivity contribution is 0.0779. The van der Waals surface area contributed by atoms with Crippen LogP contribution in [-0.2, 0) is 5.60 Å². The largest absolute Gasteiger partial charge is 0.482 e. The first-order valence-corrected chi connectivity index (χ1v) is 10.1. The molecule has 0 saturated heterocycles. The van der Waals surface area contributed by atoms with Gasteiger partial charge in [0.1, 0.15) is 11.4 Å². The summed E-state index contributed by atoms with van der Waals surface area (Å²) in [5.74, 6) is 1.09. The number of hydrogen-bond donors (Lipinski definition) is 0. The number of anilines is 1. The summed E-state index contributed by atoms with van der Waals surface area (Å²) in [6.07, 6.45) is 0.945. The fraction of sp³-hybridized carbons (Fsp3) is 0.520. The quantitative estimate of drug-likeness (QED) is 0.595. The van der Waals surface area contributed by atoms with Crippen LogP contribution in [0.5, 0.6) is 5.75 Å². The molecular formula is C25H35NO. The summed E-state index contributed by atoms with van der Waals surface area (Å²) >= 11 is 0. The van der Waals surface area contributed by atoms with Crippen molar-refractivity contribution < 1.29 is 4.74 Å². The molecule has 0 radical (unpaired) electrons. The van der Waals surface area contributed by atoms with E-state index >= 15 is 0 Å². The summed E-state index contributed by atoms with van der Waals surface area (Å²) in [5.41, 5.74) is 14.6. The lowest BCUT2D eigenvalue weighted by Crippen LogP contribution is -2.35. The smallest absolute Gasteiger partial charge is 0.132 e. The number of ether oxygens (including phenoxy) is 1. The number of fused-ring (bicyclic) bond motifs is 3. The minimum absolute atomic E-state index is 0.311. The van der Waals surface area contributed by atoms with Crippen LogP contribution in [0.4, 0.5) is 5.69 Å². The van der Waals surface area contributed by atoms with Gasteiger partial charge in [0, 0.05) is 30.9 Å². The second-order valence-corrected chi connectivity index (χ2v) is 8.76. The Morgan fingerprint density at radius 1 is 0.704 bits per heavy atom. The van der Waals surface area contributed by atoms with Gasteiger partial charge in [0.15, 0.2) is 0 Å². The van der Waals surface area contributed by atoms with E-state index in [1.807, 2.05) is 0 Å². The van der Waals surface area contributed by atoms with Crippen molar-refractivity contribution in [3.63, 3.8) is 0 Å². The fourth-order valence-corrected chi connectivity index (χ4v) is 5.02. The van der Waals surface area contributed by atoms with E-state index in [-0.39, 0.29) is 5.60 Å². The normalized spacial score (nSPS) is 18.0. The molecule has 0 aromatic heterocycles. The Hall–Kier alpha value is -1.96. The molecule has 2 nitrogen and oxygen atoms in total. The van der Waals surface area contributed by atoms with Gasteiger partial charge in [0.2, 0.25) is 0 Å². The molecule has 0 fully saturated rings. The summed E-state index contributed by atoms with van der Waals surface area (Å²) in [7, 11) is 4.29. The molecule has 0 amide bonds. The highest BCUT2D eigenvalue weighted by molar-refractivity contribution is 5.88. The molecule has 1 heterocycles. The monoisotopic (exact) mass is 365 g/mol. The zero-order chi connectivity index (χ0) is 20.4. The fourth-order valence-electron chi connectivity index (χ4n) is 5.02. The molecule has 0 N–H and O–H groups in total. The topological polar surface area (TPSA) is 12.5 Å². The molecule has 1 aliphatic rings. The van der Waals surface area contributed by atoms with E-state index in [1.54, 1.807) is 0 Å². The minimum atomic E-state index is -0.311. The standard InChI is InChI=1S/C25H35NO/c1-12-25(9)22-19(8)23(26(10)11)17(6)16(5)20(22)21-15(4)13(2)14(3)18(7)24(21)27-25/h12H2,1-11H3. The predicted molar refractivity (Wildman–Crippen MR) is 118 cm³/mol. The minimum Gasteiger partial charge on any atom is -0.482 e. The number of benzene rings is 2. The molecule has 146 valence electrons. The first-order valence-electron chi connectivity index (χ1n) is 10.1. The zero-order valence-corrected chi connectivity index (χ0v) is 19.1.